The summed E-state index contributed by atoms with van der Waals surface area (Å²) in [5.41, 5.74) is 2.39. The number of hydrogen-bond acceptors (Lipinski definition) is 2. The van der Waals surface area contributed by atoms with E-state index in [9.17, 15) is 0 Å². The van der Waals surface area contributed by atoms with E-state index in [1.807, 2.05) is 12.3 Å². The molecule has 0 aliphatic carbocycles. The highest BCUT2D eigenvalue weighted by atomic mass is 79.9. The highest BCUT2D eigenvalue weighted by Gasteiger charge is 2.22. The van der Waals surface area contributed by atoms with Gasteiger partial charge in [0, 0.05) is 10.5 Å². The Hall–Kier alpha value is -0.650. The Bertz CT molecular complexity index is 578. The first-order chi connectivity index (χ1) is 9.54. The van der Waals surface area contributed by atoms with Crippen molar-refractivity contribution in [2.75, 3.05) is 6.54 Å². The average molecular weight is 401 g/mol. The summed E-state index contributed by atoms with van der Waals surface area (Å²) in [7, 11) is 0. The fraction of sp³-hybridized carbons (Fsp3) is 0.400. The predicted octanol–water partition coefficient (Wildman–Crippen LogP) is 4.69. The molecule has 2 aromatic rings. The number of aromatic nitrogens is 2. The van der Waals surface area contributed by atoms with E-state index >= 15 is 0 Å². The highest BCUT2D eigenvalue weighted by Crippen LogP contribution is 2.31. The van der Waals surface area contributed by atoms with Crippen molar-refractivity contribution in [1.29, 1.82) is 0 Å². The lowest BCUT2D eigenvalue weighted by Gasteiger charge is -2.22. The van der Waals surface area contributed by atoms with Crippen LogP contribution in [0.4, 0.5) is 0 Å². The van der Waals surface area contributed by atoms with Crippen LogP contribution in [0.15, 0.2) is 39.4 Å². The van der Waals surface area contributed by atoms with Crippen molar-refractivity contribution >= 4 is 31.9 Å². The molecule has 0 saturated carbocycles. The van der Waals surface area contributed by atoms with E-state index < -0.39 is 0 Å². The zero-order valence-electron chi connectivity index (χ0n) is 11.9. The second-order valence-corrected chi connectivity index (χ2v) is 6.73. The topological polar surface area (TPSA) is 29.9 Å². The molecule has 0 fully saturated rings. The van der Waals surface area contributed by atoms with E-state index in [-0.39, 0.29) is 6.04 Å². The molecular weight excluding hydrogens is 382 g/mol. The van der Waals surface area contributed by atoms with E-state index in [0.29, 0.717) is 6.04 Å². The molecule has 1 unspecified atom stereocenters. The standard InChI is InChI=1S/C15H19Br2N3/c1-4-18-14(11-6-5-7-12(16)8-11)15-13(17)9-19-20(15)10(2)3/h5-10,14,18H,4H2,1-3H3. The van der Waals surface area contributed by atoms with Crippen LogP contribution < -0.4 is 5.32 Å². The summed E-state index contributed by atoms with van der Waals surface area (Å²) in [6.45, 7) is 7.31. The summed E-state index contributed by atoms with van der Waals surface area (Å²) >= 11 is 7.19. The van der Waals surface area contributed by atoms with E-state index in [1.165, 1.54) is 11.3 Å². The molecule has 1 heterocycles. The summed E-state index contributed by atoms with van der Waals surface area (Å²) in [6, 6.07) is 8.84. The summed E-state index contributed by atoms with van der Waals surface area (Å²) in [5.74, 6) is 0. The lowest BCUT2D eigenvalue weighted by molar-refractivity contribution is 0.475. The van der Waals surface area contributed by atoms with Crippen LogP contribution in [-0.4, -0.2) is 16.3 Å². The average Bonchev–Trinajstić information content (AvgIpc) is 2.78. The van der Waals surface area contributed by atoms with Gasteiger partial charge in [-0.1, -0.05) is 35.0 Å². The van der Waals surface area contributed by atoms with Crippen molar-refractivity contribution in [3.8, 4) is 0 Å². The molecule has 5 heteroatoms. The van der Waals surface area contributed by atoms with Crippen LogP contribution >= 0.6 is 31.9 Å². The molecule has 0 saturated heterocycles. The summed E-state index contributed by atoms with van der Waals surface area (Å²) in [6.07, 6.45) is 1.87. The van der Waals surface area contributed by atoms with Crippen LogP contribution in [0.25, 0.3) is 0 Å². The maximum absolute atomic E-state index is 4.48. The Morgan fingerprint density at radius 2 is 2.05 bits per heavy atom. The van der Waals surface area contributed by atoms with Gasteiger partial charge in [-0.2, -0.15) is 5.10 Å². The molecular formula is C15H19Br2N3. The van der Waals surface area contributed by atoms with Gasteiger partial charge in [0.25, 0.3) is 0 Å². The first-order valence-electron chi connectivity index (χ1n) is 6.76. The second kappa shape index (κ2) is 6.87. The van der Waals surface area contributed by atoms with Gasteiger partial charge in [0.1, 0.15) is 0 Å². The Morgan fingerprint density at radius 1 is 1.30 bits per heavy atom. The first kappa shape index (κ1) is 15.7. The van der Waals surface area contributed by atoms with Gasteiger partial charge in [0.05, 0.1) is 22.4 Å². The summed E-state index contributed by atoms with van der Waals surface area (Å²) in [4.78, 5) is 0. The number of nitrogens with zero attached hydrogens (tertiary/aromatic N) is 2. The number of hydrogen-bond donors (Lipinski definition) is 1. The summed E-state index contributed by atoms with van der Waals surface area (Å²) < 4.78 is 4.19. The molecule has 0 amide bonds. The Kier molecular flexibility index (Phi) is 5.41. The molecule has 2 rings (SSSR count). The van der Waals surface area contributed by atoms with E-state index in [4.69, 9.17) is 0 Å². The van der Waals surface area contributed by atoms with Crippen LogP contribution in [0, 0.1) is 0 Å². The SMILES string of the molecule is CCNC(c1cccc(Br)c1)c1c(Br)cnn1C(C)C. The molecule has 1 atom stereocenters. The number of rotatable bonds is 5. The minimum absolute atomic E-state index is 0.122. The molecule has 0 aliphatic heterocycles. The van der Waals surface area contributed by atoms with Crippen LogP contribution in [0.3, 0.4) is 0 Å². The third-order valence-corrected chi connectivity index (χ3v) is 4.24. The van der Waals surface area contributed by atoms with Gasteiger partial charge in [-0.3, -0.25) is 4.68 Å². The molecule has 20 heavy (non-hydrogen) atoms. The van der Waals surface area contributed by atoms with Crippen molar-refractivity contribution in [3.05, 3.63) is 50.7 Å². The largest absolute Gasteiger partial charge is 0.305 e. The van der Waals surface area contributed by atoms with E-state index in [0.717, 1.165) is 15.5 Å². The smallest absolute Gasteiger partial charge is 0.0760 e. The summed E-state index contributed by atoms with van der Waals surface area (Å²) in [5, 5.41) is 8.04. The van der Waals surface area contributed by atoms with Crippen molar-refractivity contribution in [1.82, 2.24) is 15.1 Å². The van der Waals surface area contributed by atoms with Crippen LogP contribution in [0.2, 0.25) is 0 Å². The van der Waals surface area contributed by atoms with Gasteiger partial charge in [-0.05, 0) is 54.0 Å². The molecule has 0 bridgehead atoms. The number of halogens is 2. The van der Waals surface area contributed by atoms with E-state index in [2.05, 4.69) is 85.9 Å². The highest BCUT2D eigenvalue weighted by molar-refractivity contribution is 9.10. The van der Waals surface area contributed by atoms with Crippen LogP contribution in [0.5, 0.6) is 0 Å². The Labute approximate surface area is 137 Å². The molecule has 108 valence electrons. The van der Waals surface area contributed by atoms with Crippen LogP contribution in [0.1, 0.15) is 44.1 Å². The Balaban J connectivity index is 2.51. The fourth-order valence-corrected chi connectivity index (χ4v) is 3.21. The molecule has 3 nitrogen and oxygen atoms in total. The molecule has 1 N–H and O–H groups in total. The monoisotopic (exact) mass is 399 g/mol. The number of benzene rings is 1. The minimum atomic E-state index is 0.122. The van der Waals surface area contributed by atoms with Gasteiger partial charge >= 0.3 is 0 Å². The zero-order valence-corrected chi connectivity index (χ0v) is 15.1. The van der Waals surface area contributed by atoms with Gasteiger partial charge in [-0.25, -0.2) is 0 Å². The van der Waals surface area contributed by atoms with Crippen molar-refractivity contribution < 1.29 is 0 Å². The molecule has 0 spiro atoms. The van der Waals surface area contributed by atoms with Gasteiger partial charge in [0.2, 0.25) is 0 Å². The normalized spacial score (nSPS) is 12.9. The second-order valence-electron chi connectivity index (χ2n) is 4.96. The molecule has 1 aromatic heterocycles. The quantitative estimate of drug-likeness (QED) is 0.788. The maximum Gasteiger partial charge on any atom is 0.0760 e. The number of nitrogens with one attached hydrogen (secondary N) is 1. The third kappa shape index (κ3) is 3.32. The van der Waals surface area contributed by atoms with Gasteiger partial charge in [-0.15, -0.1) is 0 Å². The maximum atomic E-state index is 4.48. The minimum Gasteiger partial charge on any atom is -0.305 e. The van der Waals surface area contributed by atoms with Crippen molar-refractivity contribution in [3.63, 3.8) is 0 Å². The molecule has 0 radical (unpaired) electrons. The van der Waals surface area contributed by atoms with Crippen molar-refractivity contribution in [2.45, 2.75) is 32.9 Å². The first-order valence-corrected chi connectivity index (χ1v) is 8.35. The Morgan fingerprint density at radius 3 is 2.65 bits per heavy atom. The third-order valence-electron chi connectivity index (χ3n) is 3.14. The molecule has 0 aliphatic rings. The van der Waals surface area contributed by atoms with Gasteiger partial charge < -0.3 is 5.32 Å². The van der Waals surface area contributed by atoms with Crippen LogP contribution in [-0.2, 0) is 0 Å². The van der Waals surface area contributed by atoms with Crippen molar-refractivity contribution in [2.24, 2.45) is 0 Å². The van der Waals surface area contributed by atoms with Gasteiger partial charge in [0.15, 0.2) is 0 Å². The molecule has 1 aromatic carbocycles. The van der Waals surface area contributed by atoms with E-state index in [1.54, 1.807) is 0 Å². The predicted molar refractivity (Wildman–Crippen MR) is 90.0 cm³/mol. The lowest BCUT2D eigenvalue weighted by Crippen LogP contribution is -2.26. The zero-order chi connectivity index (χ0) is 14.7. The lowest BCUT2D eigenvalue weighted by atomic mass is 10.0. The fourth-order valence-electron chi connectivity index (χ4n) is 2.29.